The van der Waals surface area contributed by atoms with Crippen molar-refractivity contribution in [1.29, 1.82) is 0 Å². The van der Waals surface area contributed by atoms with Gasteiger partial charge >= 0.3 is 0 Å². The van der Waals surface area contributed by atoms with Crippen molar-refractivity contribution in [3.63, 3.8) is 0 Å². The van der Waals surface area contributed by atoms with E-state index >= 15 is 0 Å². The highest BCUT2D eigenvalue weighted by Crippen LogP contribution is 2.54. The van der Waals surface area contributed by atoms with Crippen LogP contribution in [0.1, 0.15) is 25.0 Å². The van der Waals surface area contributed by atoms with Crippen LogP contribution in [-0.4, -0.2) is 0 Å². The van der Waals surface area contributed by atoms with E-state index < -0.39 is 0 Å². The Hall–Kier alpha value is -6.64. The smallest absolute Gasteiger partial charge is 0.138 e. The molecule has 2 nitrogen and oxygen atoms in total. The average Bonchev–Trinajstić information content (AvgIpc) is 3.64. The first-order valence-electron chi connectivity index (χ1n) is 18.5. The van der Waals surface area contributed by atoms with Crippen LogP contribution in [0.5, 0.6) is 0 Å². The average molecular weight is 676 g/mol. The topological polar surface area (TPSA) is 16.4 Å². The molecule has 248 valence electrons. The maximum absolute atomic E-state index is 6.90. The van der Waals surface area contributed by atoms with Crippen LogP contribution in [0, 0.1) is 0 Å². The molecule has 1 heterocycles. The molecule has 0 atom stereocenters. The number of benzene rings is 9. The van der Waals surface area contributed by atoms with Gasteiger partial charge in [-0.25, -0.2) is 0 Å². The second-order valence-electron chi connectivity index (χ2n) is 15.3. The molecule has 2 aliphatic rings. The number of fused-ring (bicyclic) bond motifs is 4. The number of hydrogen-bond acceptors (Lipinski definition) is 2. The minimum absolute atomic E-state index is 0.128. The summed E-state index contributed by atoms with van der Waals surface area (Å²) in [4.78, 5) is 2.45. The quantitative estimate of drug-likeness (QED) is 0.173. The second-order valence-corrected chi connectivity index (χ2v) is 15.3. The predicted molar refractivity (Wildman–Crippen MR) is 223 cm³/mol. The van der Waals surface area contributed by atoms with Crippen LogP contribution >= 0.6 is 0 Å². The van der Waals surface area contributed by atoms with E-state index in [0.29, 0.717) is 0 Å². The number of hydrogen-bond donors (Lipinski definition) is 0. The Labute approximate surface area is 307 Å². The predicted octanol–water partition coefficient (Wildman–Crippen LogP) is 14.5. The normalized spacial score (nSPS) is 13.6. The first-order valence-corrected chi connectivity index (χ1v) is 18.5. The number of rotatable bonds is 4. The zero-order valence-electron chi connectivity index (χ0n) is 29.4. The van der Waals surface area contributed by atoms with Crippen molar-refractivity contribution in [2.75, 3.05) is 4.90 Å². The van der Waals surface area contributed by atoms with Gasteiger partial charge in [-0.15, -0.1) is 0 Å². The summed E-state index contributed by atoms with van der Waals surface area (Å²) in [5, 5.41) is 9.95. The lowest BCUT2D eigenvalue weighted by Gasteiger charge is -2.29. The Bertz CT molecular complexity index is 3180. The van der Waals surface area contributed by atoms with Crippen molar-refractivity contribution < 1.29 is 4.42 Å². The third kappa shape index (κ3) is 3.82. The maximum atomic E-state index is 6.90. The lowest BCUT2D eigenvalue weighted by atomic mass is 9.82. The summed E-state index contributed by atoms with van der Waals surface area (Å²) in [6.45, 7) is 4.72. The molecule has 0 N–H and O–H groups in total. The Morgan fingerprint density at radius 2 is 1.06 bits per heavy atom. The van der Waals surface area contributed by atoms with Gasteiger partial charge in [-0.05, 0) is 91.0 Å². The fourth-order valence-electron chi connectivity index (χ4n) is 9.71. The van der Waals surface area contributed by atoms with Crippen molar-refractivity contribution in [2.24, 2.45) is 0 Å². The molecule has 0 aliphatic heterocycles. The van der Waals surface area contributed by atoms with Gasteiger partial charge < -0.3 is 9.32 Å². The highest BCUT2D eigenvalue weighted by Gasteiger charge is 2.36. The summed E-state index contributed by atoms with van der Waals surface area (Å²) >= 11 is 0. The standard InChI is InChI=1S/C51H33NO/c1-51(2)41-17-7-6-13-36(41)37-26-25-35(28-42(37)51)52(34-23-20-31(21-24-34)30-10-4-3-5-11-30)43-29-45-50-48-39(15-9-16-40(43)48)38-14-8-12-32-18-19-33-22-27-44(53-45)49(50)47(33)46(32)38/h3-29H,1-2H3. The molecule has 0 bridgehead atoms. The molecule has 0 fully saturated rings. The van der Waals surface area contributed by atoms with Gasteiger partial charge in [0.15, 0.2) is 0 Å². The minimum atomic E-state index is -0.128. The van der Waals surface area contributed by atoms with Gasteiger partial charge in [0, 0.05) is 49.8 Å². The van der Waals surface area contributed by atoms with Crippen molar-refractivity contribution in [3.05, 3.63) is 175 Å². The molecule has 0 saturated carbocycles. The Balaban J connectivity index is 1.18. The van der Waals surface area contributed by atoms with Crippen LogP contribution in [0.4, 0.5) is 17.1 Å². The molecule has 9 aromatic carbocycles. The van der Waals surface area contributed by atoms with Crippen LogP contribution in [0.2, 0.25) is 0 Å². The maximum Gasteiger partial charge on any atom is 0.138 e. The highest BCUT2D eigenvalue weighted by molar-refractivity contribution is 6.38. The molecule has 0 amide bonds. The van der Waals surface area contributed by atoms with E-state index in [2.05, 4.69) is 183 Å². The zero-order chi connectivity index (χ0) is 35.0. The van der Waals surface area contributed by atoms with Crippen molar-refractivity contribution in [3.8, 4) is 33.4 Å². The molecule has 1 aromatic heterocycles. The van der Waals surface area contributed by atoms with Crippen LogP contribution in [-0.2, 0) is 5.41 Å². The molecule has 2 heteroatoms. The van der Waals surface area contributed by atoms with Gasteiger partial charge in [0.25, 0.3) is 0 Å². The Kier molecular flexibility index (Phi) is 5.60. The van der Waals surface area contributed by atoms with E-state index in [1.165, 1.54) is 87.6 Å². The summed E-state index contributed by atoms with van der Waals surface area (Å²) in [6.07, 6.45) is 0. The first-order chi connectivity index (χ1) is 26.0. The Morgan fingerprint density at radius 3 is 1.91 bits per heavy atom. The first kappa shape index (κ1) is 29.0. The van der Waals surface area contributed by atoms with Crippen LogP contribution < -0.4 is 4.90 Å². The van der Waals surface area contributed by atoms with Crippen molar-refractivity contribution >= 4 is 71.3 Å². The summed E-state index contributed by atoms with van der Waals surface area (Å²) in [6, 6.07) is 60.4. The van der Waals surface area contributed by atoms with Crippen LogP contribution in [0.25, 0.3) is 87.6 Å². The van der Waals surface area contributed by atoms with Gasteiger partial charge in [-0.3, -0.25) is 0 Å². The monoisotopic (exact) mass is 675 g/mol. The summed E-state index contributed by atoms with van der Waals surface area (Å²) in [7, 11) is 0. The lowest BCUT2D eigenvalue weighted by Crippen LogP contribution is -2.16. The van der Waals surface area contributed by atoms with E-state index in [1.807, 2.05) is 0 Å². The molecule has 0 spiro atoms. The van der Waals surface area contributed by atoms with Gasteiger partial charge in [-0.1, -0.05) is 141 Å². The highest BCUT2D eigenvalue weighted by atomic mass is 16.3. The Morgan fingerprint density at radius 1 is 0.415 bits per heavy atom. The molecule has 2 aliphatic carbocycles. The number of nitrogens with zero attached hydrogens (tertiary/aromatic N) is 1. The zero-order valence-corrected chi connectivity index (χ0v) is 29.4. The van der Waals surface area contributed by atoms with Crippen molar-refractivity contribution in [1.82, 2.24) is 0 Å². The lowest BCUT2D eigenvalue weighted by molar-refractivity contribution is 0.660. The van der Waals surface area contributed by atoms with E-state index in [9.17, 15) is 0 Å². The molecule has 12 rings (SSSR count). The van der Waals surface area contributed by atoms with E-state index in [1.54, 1.807) is 0 Å². The fraction of sp³-hybridized carbons (Fsp3) is 0.0588. The van der Waals surface area contributed by atoms with Gasteiger partial charge in [0.1, 0.15) is 11.2 Å². The van der Waals surface area contributed by atoms with E-state index in [0.717, 1.165) is 28.2 Å². The molecule has 53 heavy (non-hydrogen) atoms. The SMILES string of the molecule is CC1(C)c2ccccc2-c2ccc(N(c3ccc(-c4ccccc4)cc3)c3cc4oc5ccc6ccc7cccc8c7c6c5c4c4c-8cccc34)cc21. The van der Waals surface area contributed by atoms with Crippen molar-refractivity contribution in [2.45, 2.75) is 19.3 Å². The molecular formula is C51H33NO. The summed E-state index contributed by atoms with van der Waals surface area (Å²) in [5.41, 5.74) is 15.3. The summed E-state index contributed by atoms with van der Waals surface area (Å²) in [5.74, 6) is 0. The summed E-state index contributed by atoms with van der Waals surface area (Å²) < 4.78 is 6.90. The molecule has 0 radical (unpaired) electrons. The third-order valence-electron chi connectivity index (χ3n) is 12.2. The fourth-order valence-corrected chi connectivity index (χ4v) is 9.71. The molecule has 10 aromatic rings. The number of furan rings is 1. The van der Waals surface area contributed by atoms with Gasteiger partial charge in [0.2, 0.25) is 0 Å². The molecular weight excluding hydrogens is 643 g/mol. The third-order valence-corrected chi connectivity index (χ3v) is 12.2. The van der Waals surface area contributed by atoms with E-state index in [-0.39, 0.29) is 5.41 Å². The minimum Gasteiger partial charge on any atom is -0.456 e. The van der Waals surface area contributed by atoms with E-state index in [4.69, 9.17) is 4.42 Å². The second kappa shape index (κ2) is 10.2. The number of anilines is 3. The molecule has 0 saturated heterocycles. The largest absolute Gasteiger partial charge is 0.456 e. The van der Waals surface area contributed by atoms with Gasteiger partial charge in [-0.2, -0.15) is 0 Å². The van der Waals surface area contributed by atoms with Crippen LogP contribution in [0.15, 0.2) is 168 Å². The van der Waals surface area contributed by atoms with Gasteiger partial charge in [0.05, 0.1) is 5.69 Å². The van der Waals surface area contributed by atoms with Crippen LogP contribution in [0.3, 0.4) is 0 Å². The molecule has 0 unspecified atom stereocenters.